The Morgan fingerprint density at radius 3 is 2.94 bits per heavy atom. The molecule has 4 rings (SSSR count). The number of nitrogens with zero attached hydrogens (tertiary/aromatic N) is 1. The first kappa shape index (κ1) is 19.6. The fourth-order valence-corrected chi connectivity index (χ4v) is 4.94. The van der Waals surface area contributed by atoms with Crippen molar-refractivity contribution >= 4 is 19.8 Å². The maximum Gasteiger partial charge on any atom is 0.335 e. The van der Waals surface area contributed by atoms with Crippen LogP contribution >= 0.6 is 19.8 Å². The van der Waals surface area contributed by atoms with Gasteiger partial charge in [-0.2, -0.15) is 0 Å². The van der Waals surface area contributed by atoms with Crippen molar-refractivity contribution in [2.24, 2.45) is 0 Å². The van der Waals surface area contributed by atoms with Crippen molar-refractivity contribution in [1.82, 2.24) is 9.55 Å². The van der Waals surface area contributed by atoms with Gasteiger partial charge in [-0.05, 0) is 35.5 Å². The van der Waals surface area contributed by atoms with Gasteiger partial charge in [-0.1, -0.05) is 6.07 Å². The molecule has 1 unspecified atom stereocenters. The lowest BCUT2D eigenvalue weighted by Crippen LogP contribution is -2.43. The minimum absolute atomic E-state index is 0.295. The molecule has 3 heterocycles. The fraction of sp³-hybridized carbons (Fsp3) is 0.444. The highest BCUT2D eigenvalue weighted by Gasteiger charge is 2.57. The molecule has 2 aliphatic rings. The van der Waals surface area contributed by atoms with Gasteiger partial charge < -0.3 is 29.1 Å². The molecule has 1 saturated heterocycles. The van der Waals surface area contributed by atoms with Crippen molar-refractivity contribution in [3.8, 4) is 0 Å². The molecule has 0 saturated carbocycles. The Morgan fingerprint density at radius 2 is 2.22 bits per heavy atom. The van der Waals surface area contributed by atoms with Crippen LogP contribution in [0.4, 0.5) is 8.78 Å². The van der Waals surface area contributed by atoms with Crippen molar-refractivity contribution in [2.45, 2.75) is 43.6 Å². The van der Waals surface area contributed by atoms with Crippen LogP contribution in [-0.2, 0) is 37.7 Å². The quantitative estimate of drug-likeness (QED) is 0.357. The minimum atomic E-state index is -4.45. The molecule has 32 heavy (non-hydrogen) atoms. The first-order chi connectivity index (χ1) is 16.2. The molecular formula is C18H19F2N2O8PS. The van der Waals surface area contributed by atoms with E-state index >= 15 is 4.39 Å². The van der Waals surface area contributed by atoms with Crippen molar-refractivity contribution in [3.63, 3.8) is 0 Å². The average Bonchev–Trinajstić information content (AvgIpc) is 2.95. The first-order valence-corrected chi connectivity index (χ1v) is 11.2. The summed E-state index contributed by atoms with van der Waals surface area (Å²) in [7, 11) is -4.45. The summed E-state index contributed by atoms with van der Waals surface area (Å²) in [5.74, 6) is -4.58. The van der Waals surface area contributed by atoms with Crippen LogP contribution in [0, 0.1) is 10.6 Å². The second-order valence-corrected chi connectivity index (χ2v) is 9.43. The van der Waals surface area contributed by atoms with Gasteiger partial charge in [-0.25, -0.2) is 8.78 Å². The zero-order chi connectivity index (χ0) is 26.0. The number of fused-ring (bicyclic) bond motifs is 1. The molecule has 0 aliphatic carbocycles. The zero-order valence-electron chi connectivity index (χ0n) is 19.0. The Balaban J connectivity index is 1.68. The Hall–Kier alpha value is -1.83. The number of aliphatic hydroxyl groups excluding tert-OH is 3. The second kappa shape index (κ2) is 8.50. The van der Waals surface area contributed by atoms with Crippen molar-refractivity contribution < 1.29 is 46.6 Å². The summed E-state index contributed by atoms with van der Waals surface area (Å²) in [5, 5.41) is 30.2. The van der Waals surface area contributed by atoms with Crippen molar-refractivity contribution in [2.75, 3.05) is 6.56 Å². The standard InChI is InChI=1S/C18H19F2N2O8PS/c19-12-2-1-9-7-31(27,28-6-10(9)3-12)29-8-18(20)14(25)13(24)16(30-18)22-4-11(5-23)15(26)21-17(22)32/h1-4,13-14,16,23-25H,5-8H2,(H,21,26,32)/t13-,14+,16-,18-,31?/m1/s1/i8D2,16D. The Morgan fingerprint density at radius 1 is 1.47 bits per heavy atom. The molecule has 10 nitrogen and oxygen atoms in total. The maximum absolute atomic E-state index is 15.9. The van der Waals surface area contributed by atoms with E-state index in [-0.39, 0.29) is 5.56 Å². The van der Waals surface area contributed by atoms with Crippen LogP contribution in [0.5, 0.6) is 0 Å². The van der Waals surface area contributed by atoms with Crippen LogP contribution in [-0.4, -0.2) is 49.5 Å². The van der Waals surface area contributed by atoms with Crippen molar-refractivity contribution in [3.05, 3.63) is 62.0 Å². The number of hydrogen-bond donors (Lipinski definition) is 4. The van der Waals surface area contributed by atoms with Crippen LogP contribution < -0.4 is 5.56 Å². The number of halogens is 2. The molecule has 174 valence electrons. The average molecular weight is 495 g/mol. The van der Waals surface area contributed by atoms with E-state index < -0.39 is 73.9 Å². The van der Waals surface area contributed by atoms with Gasteiger partial charge in [0.1, 0.15) is 24.6 Å². The number of aromatic amines is 1. The number of ether oxygens (including phenoxy) is 1. The highest BCUT2D eigenvalue weighted by molar-refractivity contribution is 7.71. The van der Waals surface area contributed by atoms with E-state index in [0.29, 0.717) is 15.7 Å². The molecule has 14 heteroatoms. The molecule has 0 amide bonds. The van der Waals surface area contributed by atoms with Gasteiger partial charge in [-0.3, -0.25) is 18.9 Å². The molecule has 0 radical (unpaired) electrons. The lowest BCUT2D eigenvalue weighted by atomic mass is 10.1. The second-order valence-electron chi connectivity index (χ2n) is 7.07. The van der Waals surface area contributed by atoms with E-state index in [9.17, 15) is 29.1 Å². The van der Waals surface area contributed by atoms with E-state index in [1.165, 1.54) is 6.07 Å². The van der Waals surface area contributed by atoms with Gasteiger partial charge >= 0.3 is 7.60 Å². The van der Waals surface area contributed by atoms with Crippen LogP contribution in [0.1, 0.15) is 27.0 Å². The van der Waals surface area contributed by atoms with Gasteiger partial charge in [0.25, 0.3) is 11.4 Å². The minimum Gasteiger partial charge on any atom is -0.391 e. The van der Waals surface area contributed by atoms with E-state index in [1.54, 1.807) is 0 Å². The summed E-state index contributed by atoms with van der Waals surface area (Å²) >= 11 is 4.90. The number of nitrogens with one attached hydrogen (secondary N) is 1. The summed E-state index contributed by atoms with van der Waals surface area (Å²) in [6.07, 6.45) is -8.13. The molecule has 1 fully saturated rings. The van der Waals surface area contributed by atoms with Gasteiger partial charge in [0.15, 0.2) is 11.0 Å². The summed E-state index contributed by atoms with van der Waals surface area (Å²) in [6.45, 7) is -5.05. The Kier molecular flexibility index (Phi) is 5.22. The van der Waals surface area contributed by atoms with E-state index in [2.05, 4.69) is 4.98 Å². The fourth-order valence-electron chi connectivity index (χ4n) is 3.17. The topological polar surface area (TPSA) is 143 Å². The molecule has 0 spiro atoms. The van der Waals surface area contributed by atoms with Gasteiger partial charge in [-0.15, -0.1) is 0 Å². The molecule has 1 aromatic heterocycles. The summed E-state index contributed by atoms with van der Waals surface area (Å²) in [4.78, 5) is 13.9. The lowest BCUT2D eigenvalue weighted by Gasteiger charge is -2.29. The van der Waals surface area contributed by atoms with E-state index in [4.69, 9.17) is 30.1 Å². The molecule has 2 aliphatic heterocycles. The smallest absolute Gasteiger partial charge is 0.335 e. The molecule has 5 atom stereocenters. The number of alkyl halides is 1. The molecular weight excluding hydrogens is 473 g/mol. The maximum atomic E-state index is 15.9. The normalized spacial score (nSPS) is 36.2. The van der Waals surface area contributed by atoms with Gasteiger partial charge in [0.05, 0.1) is 29.1 Å². The number of aliphatic hydroxyl groups is 3. The van der Waals surface area contributed by atoms with E-state index in [0.717, 1.165) is 18.3 Å². The predicted octanol–water partition coefficient (Wildman–Crippen LogP) is 1.39. The molecule has 4 N–H and O–H groups in total. The van der Waals surface area contributed by atoms with Crippen molar-refractivity contribution in [1.29, 1.82) is 0 Å². The number of hydrogen-bond acceptors (Lipinski definition) is 9. The number of benzene rings is 1. The number of H-pyrrole nitrogens is 1. The Labute approximate surface area is 188 Å². The highest BCUT2D eigenvalue weighted by atomic mass is 32.1. The Bertz CT molecular complexity index is 1350. The predicted molar refractivity (Wildman–Crippen MR) is 106 cm³/mol. The third kappa shape index (κ3) is 4.22. The summed E-state index contributed by atoms with van der Waals surface area (Å²) in [6, 6.07) is 3.47. The van der Waals surface area contributed by atoms with Crippen LogP contribution in [0.2, 0.25) is 0 Å². The molecule has 1 aromatic carbocycles. The first-order valence-electron chi connectivity index (χ1n) is 10.6. The van der Waals surface area contributed by atoms with Crippen LogP contribution in [0.15, 0.2) is 29.2 Å². The molecule has 0 bridgehead atoms. The largest absolute Gasteiger partial charge is 0.391 e. The lowest BCUT2D eigenvalue weighted by molar-refractivity contribution is -0.204. The highest BCUT2D eigenvalue weighted by Crippen LogP contribution is 2.56. The number of aromatic nitrogens is 2. The summed E-state index contributed by atoms with van der Waals surface area (Å²) < 4.78 is 81.8. The van der Waals surface area contributed by atoms with Gasteiger partial charge in [0.2, 0.25) is 0 Å². The third-order valence-corrected chi connectivity index (χ3v) is 6.80. The van der Waals surface area contributed by atoms with Crippen LogP contribution in [0.3, 0.4) is 0 Å². The zero-order valence-corrected chi connectivity index (χ0v) is 17.7. The SMILES string of the molecule is [2H]C([2H])(OP1(=O)Cc2ccc(F)cc2CO1)[C@@]1(F)O[C@@]([2H])(n2cc(CO)c(=O)[nH]c2=S)[C@H](O)[C@@H]1O. The number of rotatable bonds is 5. The molecule has 2 aromatic rings. The van der Waals surface area contributed by atoms with Crippen LogP contribution in [0.25, 0.3) is 0 Å². The van der Waals surface area contributed by atoms with E-state index in [1.807, 2.05) is 0 Å². The monoisotopic (exact) mass is 495 g/mol. The summed E-state index contributed by atoms with van der Waals surface area (Å²) in [5.41, 5.74) is -0.589. The third-order valence-electron chi connectivity index (χ3n) is 4.88. The van der Waals surface area contributed by atoms with Gasteiger partial charge in [0, 0.05) is 6.20 Å².